The van der Waals surface area contributed by atoms with Gasteiger partial charge in [0.1, 0.15) is 12.4 Å². The van der Waals surface area contributed by atoms with Gasteiger partial charge in [0.15, 0.2) is 0 Å². The molecular weight excluding hydrogens is 304 g/mol. The maximum absolute atomic E-state index is 5.73. The quantitative estimate of drug-likeness (QED) is 0.842. The molecule has 2 atom stereocenters. The molecule has 1 fully saturated rings. The fourth-order valence-corrected chi connectivity index (χ4v) is 3.01. The number of ether oxygens (including phenoxy) is 1. The maximum atomic E-state index is 5.73. The lowest BCUT2D eigenvalue weighted by Gasteiger charge is -2.35. The molecule has 106 valence electrons. The lowest BCUT2D eigenvalue weighted by Crippen LogP contribution is -2.47. The van der Waals surface area contributed by atoms with Crippen molar-refractivity contribution >= 4 is 15.9 Å². The predicted octanol–water partition coefficient (Wildman–Crippen LogP) is 2.76. The lowest BCUT2D eigenvalue weighted by atomic mass is 9.94. The van der Waals surface area contributed by atoms with Crippen molar-refractivity contribution in [3.05, 3.63) is 28.7 Å². The highest BCUT2D eigenvalue weighted by atomic mass is 79.9. The third kappa shape index (κ3) is 4.79. The molecule has 0 aromatic heterocycles. The Kier molecular flexibility index (Phi) is 5.67. The molecule has 0 amide bonds. The molecule has 1 aromatic rings. The normalized spacial score (nSPS) is 24.4. The molecule has 0 aliphatic carbocycles. The van der Waals surface area contributed by atoms with E-state index < -0.39 is 0 Å². The predicted molar refractivity (Wildman–Crippen MR) is 82.7 cm³/mol. The van der Waals surface area contributed by atoms with Crippen molar-refractivity contribution in [1.82, 2.24) is 10.2 Å². The van der Waals surface area contributed by atoms with Crippen LogP contribution in [-0.2, 0) is 0 Å². The number of likely N-dealkylation sites (tertiary alicyclic amines) is 1. The van der Waals surface area contributed by atoms with Crippen molar-refractivity contribution in [2.24, 2.45) is 5.92 Å². The highest BCUT2D eigenvalue weighted by molar-refractivity contribution is 9.10. The van der Waals surface area contributed by atoms with Gasteiger partial charge in [-0.2, -0.15) is 0 Å². The Morgan fingerprint density at radius 1 is 1.47 bits per heavy atom. The van der Waals surface area contributed by atoms with Gasteiger partial charge >= 0.3 is 0 Å². The van der Waals surface area contributed by atoms with Crippen molar-refractivity contribution in [2.75, 3.05) is 33.3 Å². The molecule has 4 heteroatoms. The Hall–Kier alpha value is -0.580. The second-order valence-electron chi connectivity index (χ2n) is 5.39. The van der Waals surface area contributed by atoms with E-state index in [1.165, 1.54) is 19.5 Å². The molecule has 19 heavy (non-hydrogen) atoms. The summed E-state index contributed by atoms with van der Waals surface area (Å²) >= 11 is 3.45. The van der Waals surface area contributed by atoms with Gasteiger partial charge in [-0.25, -0.2) is 0 Å². The molecule has 1 N–H and O–H groups in total. The van der Waals surface area contributed by atoms with Crippen molar-refractivity contribution in [3.8, 4) is 5.75 Å². The highest BCUT2D eigenvalue weighted by Crippen LogP contribution is 2.18. The summed E-state index contributed by atoms with van der Waals surface area (Å²) in [6, 6.07) is 8.61. The number of halogens is 1. The van der Waals surface area contributed by atoms with E-state index in [1.54, 1.807) is 0 Å². The largest absolute Gasteiger partial charge is 0.492 e. The van der Waals surface area contributed by atoms with Crippen LogP contribution in [0.5, 0.6) is 5.75 Å². The molecular formula is C15H23BrN2O. The van der Waals surface area contributed by atoms with E-state index in [4.69, 9.17) is 4.74 Å². The summed E-state index contributed by atoms with van der Waals surface area (Å²) in [6.07, 6.45) is 1.23. The molecule has 1 aromatic carbocycles. The average molecular weight is 327 g/mol. The van der Waals surface area contributed by atoms with E-state index in [0.717, 1.165) is 23.4 Å². The third-order valence-electron chi connectivity index (χ3n) is 3.68. The molecule has 0 saturated carbocycles. The molecule has 2 unspecified atom stereocenters. The minimum absolute atomic E-state index is 0.627. The van der Waals surface area contributed by atoms with Crippen LogP contribution in [0.4, 0.5) is 0 Å². The lowest BCUT2D eigenvalue weighted by molar-refractivity contribution is 0.170. The molecule has 0 radical (unpaired) electrons. The molecule has 0 bridgehead atoms. The standard InChI is InChI=1S/C15H23BrN2O/c1-12-11-18(2)8-6-15(12)17-7-9-19-14-5-3-4-13(16)10-14/h3-5,10,12,15,17H,6-9,11H2,1-2H3. The van der Waals surface area contributed by atoms with Gasteiger partial charge < -0.3 is 15.0 Å². The molecule has 1 saturated heterocycles. The SMILES string of the molecule is CC1CN(C)CCC1NCCOc1cccc(Br)c1. The van der Waals surface area contributed by atoms with Crippen LogP contribution in [-0.4, -0.2) is 44.2 Å². The van der Waals surface area contributed by atoms with Crippen molar-refractivity contribution in [3.63, 3.8) is 0 Å². The van der Waals surface area contributed by atoms with Crippen molar-refractivity contribution < 1.29 is 4.74 Å². The summed E-state index contributed by atoms with van der Waals surface area (Å²) in [7, 11) is 2.20. The van der Waals surface area contributed by atoms with Crippen LogP contribution in [0.3, 0.4) is 0 Å². The summed E-state index contributed by atoms with van der Waals surface area (Å²) in [5.41, 5.74) is 0. The van der Waals surface area contributed by atoms with Crippen LogP contribution in [0.25, 0.3) is 0 Å². The summed E-state index contributed by atoms with van der Waals surface area (Å²) < 4.78 is 6.79. The Labute approximate surface area is 124 Å². The van der Waals surface area contributed by atoms with E-state index >= 15 is 0 Å². The van der Waals surface area contributed by atoms with Crippen LogP contribution >= 0.6 is 15.9 Å². The first-order chi connectivity index (χ1) is 9.15. The fourth-order valence-electron chi connectivity index (χ4n) is 2.63. The molecule has 3 nitrogen and oxygen atoms in total. The zero-order valence-electron chi connectivity index (χ0n) is 11.7. The molecule has 1 heterocycles. The van der Waals surface area contributed by atoms with Crippen molar-refractivity contribution in [2.45, 2.75) is 19.4 Å². The van der Waals surface area contributed by atoms with Crippen LogP contribution < -0.4 is 10.1 Å². The van der Waals surface area contributed by atoms with Gasteiger partial charge in [0.05, 0.1) is 0 Å². The smallest absolute Gasteiger partial charge is 0.120 e. The first-order valence-corrected chi connectivity index (χ1v) is 7.75. The molecule has 2 rings (SSSR count). The third-order valence-corrected chi connectivity index (χ3v) is 4.18. The zero-order chi connectivity index (χ0) is 13.7. The van der Waals surface area contributed by atoms with Crippen LogP contribution in [0.2, 0.25) is 0 Å². The monoisotopic (exact) mass is 326 g/mol. The fraction of sp³-hybridized carbons (Fsp3) is 0.600. The summed E-state index contributed by atoms with van der Waals surface area (Å²) in [6.45, 7) is 6.32. The van der Waals surface area contributed by atoms with Crippen LogP contribution in [0.15, 0.2) is 28.7 Å². The number of piperidine rings is 1. The topological polar surface area (TPSA) is 24.5 Å². The van der Waals surface area contributed by atoms with Crippen LogP contribution in [0, 0.1) is 5.92 Å². The van der Waals surface area contributed by atoms with E-state index in [1.807, 2.05) is 24.3 Å². The molecule has 1 aliphatic heterocycles. The van der Waals surface area contributed by atoms with Gasteiger partial charge in [-0.05, 0) is 44.1 Å². The van der Waals surface area contributed by atoms with Gasteiger partial charge in [0, 0.05) is 23.6 Å². The summed E-state index contributed by atoms with van der Waals surface area (Å²) in [5, 5.41) is 3.61. The zero-order valence-corrected chi connectivity index (χ0v) is 13.3. The van der Waals surface area contributed by atoms with Gasteiger partial charge in [-0.15, -0.1) is 0 Å². The van der Waals surface area contributed by atoms with Gasteiger partial charge in [-0.3, -0.25) is 0 Å². The summed E-state index contributed by atoms with van der Waals surface area (Å²) in [5.74, 6) is 1.64. The average Bonchev–Trinajstić information content (AvgIpc) is 2.37. The Morgan fingerprint density at radius 2 is 2.32 bits per heavy atom. The van der Waals surface area contributed by atoms with Gasteiger partial charge in [0.25, 0.3) is 0 Å². The summed E-state index contributed by atoms with van der Waals surface area (Å²) in [4.78, 5) is 2.40. The Balaban J connectivity index is 1.67. The van der Waals surface area contributed by atoms with Gasteiger partial charge in [-0.1, -0.05) is 28.9 Å². The second-order valence-corrected chi connectivity index (χ2v) is 6.31. The highest BCUT2D eigenvalue weighted by Gasteiger charge is 2.23. The number of benzene rings is 1. The van der Waals surface area contributed by atoms with E-state index in [9.17, 15) is 0 Å². The first kappa shape index (κ1) is 14.8. The number of hydrogen-bond acceptors (Lipinski definition) is 3. The van der Waals surface area contributed by atoms with Crippen LogP contribution in [0.1, 0.15) is 13.3 Å². The Morgan fingerprint density at radius 3 is 3.05 bits per heavy atom. The maximum Gasteiger partial charge on any atom is 0.120 e. The van der Waals surface area contributed by atoms with E-state index in [2.05, 4.69) is 40.1 Å². The minimum Gasteiger partial charge on any atom is -0.492 e. The Bertz CT molecular complexity index is 399. The number of nitrogens with one attached hydrogen (secondary N) is 1. The number of hydrogen-bond donors (Lipinski definition) is 1. The molecule has 1 aliphatic rings. The van der Waals surface area contributed by atoms with E-state index in [0.29, 0.717) is 12.0 Å². The molecule has 0 spiro atoms. The number of rotatable bonds is 5. The van der Waals surface area contributed by atoms with Crippen molar-refractivity contribution in [1.29, 1.82) is 0 Å². The van der Waals surface area contributed by atoms with E-state index in [-0.39, 0.29) is 0 Å². The number of nitrogens with zero attached hydrogens (tertiary/aromatic N) is 1. The van der Waals surface area contributed by atoms with Gasteiger partial charge in [0.2, 0.25) is 0 Å². The second kappa shape index (κ2) is 7.27. The minimum atomic E-state index is 0.627. The first-order valence-electron chi connectivity index (χ1n) is 6.95.